The topological polar surface area (TPSA) is 90.6 Å². The first-order valence-corrected chi connectivity index (χ1v) is 11.6. The van der Waals surface area contributed by atoms with Gasteiger partial charge >= 0.3 is 0 Å². The maximum atomic E-state index is 12.6. The predicted molar refractivity (Wildman–Crippen MR) is 127 cm³/mol. The van der Waals surface area contributed by atoms with Gasteiger partial charge in [0.05, 0.1) is 35.7 Å². The van der Waals surface area contributed by atoms with Gasteiger partial charge in [-0.3, -0.25) is 9.20 Å². The Labute approximate surface area is 191 Å². The Morgan fingerprint density at radius 2 is 1.88 bits per heavy atom. The lowest BCUT2D eigenvalue weighted by Crippen LogP contribution is -2.14. The molecule has 0 spiro atoms. The first kappa shape index (κ1) is 20.5. The van der Waals surface area contributed by atoms with Crippen molar-refractivity contribution in [3.8, 4) is 11.5 Å². The number of hydrogen-bond donors (Lipinski definition) is 1. The zero-order valence-corrected chi connectivity index (χ0v) is 19.2. The molecule has 0 aliphatic rings. The van der Waals surface area contributed by atoms with E-state index in [0.717, 1.165) is 43.8 Å². The summed E-state index contributed by atoms with van der Waals surface area (Å²) in [5.41, 5.74) is 3.52. The van der Waals surface area contributed by atoms with Crippen LogP contribution in [0.2, 0.25) is 0 Å². The van der Waals surface area contributed by atoms with Crippen molar-refractivity contribution in [2.75, 3.05) is 25.3 Å². The molecule has 5 rings (SSSR count). The lowest BCUT2D eigenvalue weighted by molar-refractivity contribution is -0.113. The van der Waals surface area contributed by atoms with Crippen LogP contribution in [0.3, 0.4) is 0 Å². The van der Waals surface area contributed by atoms with Gasteiger partial charge in [-0.1, -0.05) is 23.1 Å². The summed E-state index contributed by atoms with van der Waals surface area (Å²) in [7, 11) is 3.26. The third kappa shape index (κ3) is 3.71. The molecule has 32 heavy (non-hydrogen) atoms. The van der Waals surface area contributed by atoms with Crippen molar-refractivity contribution in [2.24, 2.45) is 0 Å². The Hall–Kier alpha value is -3.37. The van der Waals surface area contributed by atoms with Gasteiger partial charge in [0.2, 0.25) is 5.91 Å². The zero-order valence-electron chi connectivity index (χ0n) is 17.6. The van der Waals surface area contributed by atoms with E-state index in [4.69, 9.17) is 9.47 Å². The third-order valence-electron chi connectivity index (χ3n) is 5.01. The van der Waals surface area contributed by atoms with E-state index in [2.05, 4.69) is 26.6 Å². The van der Waals surface area contributed by atoms with Gasteiger partial charge in [0.25, 0.3) is 0 Å². The Morgan fingerprint density at radius 3 is 2.69 bits per heavy atom. The van der Waals surface area contributed by atoms with E-state index in [1.165, 1.54) is 23.1 Å². The first-order chi connectivity index (χ1) is 15.6. The molecule has 0 atom stereocenters. The van der Waals surface area contributed by atoms with Crippen LogP contribution in [0.25, 0.3) is 26.8 Å². The van der Waals surface area contributed by atoms with Gasteiger partial charge in [0, 0.05) is 6.07 Å². The largest absolute Gasteiger partial charge is 0.497 e. The summed E-state index contributed by atoms with van der Waals surface area (Å²) < 4.78 is 13.5. The summed E-state index contributed by atoms with van der Waals surface area (Å²) in [6.07, 6.45) is 0. The number of anilines is 1. The monoisotopic (exact) mass is 465 g/mol. The number of aromatic nitrogens is 4. The SMILES string of the molecule is COc1ccc2nc(NC(=O)CSc3nnc4c(C)cc5ccc(OC)cc5n34)sc2c1. The van der Waals surface area contributed by atoms with Crippen LogP contribution >= 0.6 is 23.1 Å². The molecule has 8 nitrogen and oxygen atoms in total. The second-order valence-electron chi connectivity index (χ2n) is 7.08. The Bertz CT molecular complexity index is 1480. The van der Waals surface area contributed by atoms with E-state index in [0.29, 0.717) is 10.3 Å². The number of methoxy groups -OCH3 is 2. The molecule has 0 saturated heterocycles. The maximum Gasteiger partial charge on any atom is 0.236 e. The number of benzene rings is 2. The van der Waals surface area contributed by atoms with Gasteiger partial charge < -0.3 is 14.8 Å². The highest BCUT2D eigenvalue weighted by molar-refractivity contribution is 7.99. The van der Waals surface area contributed by atoms with Crippen molar-refractivity contribution in [3.05, 3.63) is 48.0 Å². The summed E-state index contributed by atoms with van der Waals surface area (Å²) >= 11 is 2.74. The summed E-state index contributed by atoms with van der Waals surface area (Å²) in [4.78, 5) is 17.1. The number of amides is 1. The van der Waals surface area contributed by atoms with Gasteiger partial charge in [-0.2, -0.15) is 0 Å². The van der Waals surface area contributed by atoms with Gasteiger partial charge in [0.15, 0.2) is 15.9 Å². The van der Waals surface area contributed by atoms with Crippen LogP contribution in [-0.4, -0.2) is 45.5 Å². The highest BCUT2D eigenvalue weighted by atomic mass is 32.2. The summed E-state index contributed by atoms with van der Waals surface area (Å²) in [5.74, 6) is 1.52. The Morgan fingerprint density at radius 1 is 1.09 bits per heavy atom. The van der Waals surface area contributed by atoms with Crippen LogP contribution in [0.5, 0.6) is 11.5 Å². The average molecular weight is 466 g/mol. The average Bonchev–Trinajstić information content (AvgIpc) is 3.41. The molecule has 2 aromatic carbocycles. The molecular weight excluding hydrogens is 446 g/mol. The summed E-state index contributed by atoms with van der Waals surface area (Å²) in [6, 6.07) is 13.6. The van der Waals surface area contributed by atoms with E-state index in [9.17, 15) is 4.79 Å². The smallest absolute Gasteiger partial charge is 0.236 e. The zero-order chi connectivity index (χ0) is 22.2. The van der Waals surface area contributed by atoms with Crippen LogP contribution in [-0.2, 0) is 4.79 Å². The van der Waals surface area contributed by atoms with E-state index in [-0.39, 0.29) is 11.7 Å². The molecule has 5 aromatic rings. The summed E-state index contributed by atoms with van der Waals surface area (Å²) in [6.45, 7) is 2.00. The number of thiazole rings is 1. The third-order valence-corrected chi connectivity index (χ3v) is 6.87. The molecule has 162 valence electrons. The van der Waals surface area contributed by atoms with Crippen LogP contribution in [0, 0.1) is 6.92 Å². The standard InChI is InChI=1S/C22H19N5O3S2/c1-12-8-13-4-5-14(29-2)9-17(13)27-20(12)25-26-22(27)31-11-19(28)24-21-23-16-7-6-15(30-3)10-18(16)32-21/h4-10H,11H2,1-3H3,(H,23,24,28). The maximum absolute atomic E-state index is 12.6. The first-order valence-electron chi connectivity index (χ1n) is 9.75. The number of nitrogens with one attached hydrogen (secondary N) is 1. The van der Waals surface area contributed by atoms with Crippen molar-refractivity contribution in [1.82, 2.24) is 19.6 Å². The number of carbonyl (C=O) groups is 1. The second-order valence-corrected chi connectivity index (χ2v) is 9.06. The number of thioether (sulfide) groups is 1. The fourth-order valence-corrected chi connectivity index (χ4v) is 5.13. The van der Waals surface area contributed by atoms with Crippen LogP contribution in [0.1, 0.15) is 5.56 Å². The minimum absolute atomic E-state index is 0.160. The molecule has 0 saturated carbocycles. The van der Waals surface area contributed by atoms with E-state index in [1.807, 2.05) is 47.7 Å². The molecule has 0 radical (unpaired) electrons. The van der Waals surface area contributed by atoms with Crippen LogP contribution < -0.4 is 14.8 Å². The van der Waals surface area contributed by atoms with Crippen molar-refractivity contribution in [3.63, 3.8) is 0 Å². The van der Waals surface area contributed by atoms with Gasteiger partial charge in [-0.25, -0.2) is 4.98 Å². The van der Waals surface area contributed by atoms with Gasteiger partial charge in [-0.15, -0.1) is 10.2 Å². The lowest BCUT2D eigenvalue weighted by Gasteiger charge is -2.08. The minimum atomic E-state index is -0.160. The number of carbonyl (C=O) groups excluding carboxylic acids is 1. The number of pyridine rings is 1. The number of nitrogens with zero attached hydrogens (tertiary/aromatic N) is 4. The lowest BCUT2D eigenvalue weighted by atomic mass is 10.1. The Balaban J connectivity index is 1.38. The Kier molecular flexibility index (Phi) is 5.32. The van der Waals surface area contributed by atoms with E-state index >= 15 is 0 Å². The minimum Gasteiger partial charge on any atom is -0.497 e. The highest BCUT2D eigenvalue weighted by Crippen LogP contribution is 2.30. The quantitative estimate of drug-likeness (QED) is 0.368. The number of ether oxygens (including phenoxy) is 2. The van der Waals surface area contributed by atoms with Gasteiger partial charge in [0.1, 0.15) is 11.5 Å². The fraction of sp³-hybridized carbons (Fsp3) is 0.182. The second kappa shape index (κ2) is 8.29. The molecule has 0 bridgehead atoms. The molecular formula is C22H19N5O3S2. The molecule has 0 aliphatic carbocycles. The molecule has 0 aliphatic heterocycles. The molecule has 0 unspecified atom stereocenters. The normalized spacial score (nSPS) is 11.3. The molecule has 10 heteroatoms. The number of hydrogen-bond acceptors (Lipinski definition) is 8. The number of aryl methyl sites for hydroxylation is 1. The fourth-order valence-electron chi connectivity index (χ4n) is 3.47. The predicted octanol–water partition coefficient (Wildman–Crippen LogP) is 4.55. The van der Waals surface area contributed by atoms with E-state index in [1.54, 1.807) is 14.2 Å². The van der Waals surface area contributed by atoms with Crippen molar-refractivity contribution in [2.45, 2.75) is 12.1 Å². The molecule has 0 fully saturated rings. The van der Waals surface area contributed by atoms with Gasteiger partial charge in [-0.05, 0) is 54.3 Å². The number of rotatable bonds is 6. The number of fused-ring (bicyclic) bond motifs is 4. The molecule has 3 heterocycles. The molecule has 1 N–H and O–H groups in total. The van der Waals surface area contributed by atoms with Crippen LogP contribution in [0.15, 0.2) is 47.6 Å². The van der Waals surface area contributed by atoms with Crippen molar-refractivity contribution >= 4 is 60.9 Å². The van der Waals surface area contributed by atoms with Crippen LogP contribution in [0.4, 0.5) is 5.13 Å². The van der Waals surface area contributed by atoms with E-state index < -0.39 is 0 Å². The van der Waals surface area contributed by atoms with Crippen molar-refractivity contribution < 1.29 is 14.3 Å². The highest BCUT2D eigenvalue weighted by Gasteiger charge is 2.15. The van der Waals surface area contributed by atoms with Crippen molar-refractivity contribution in [1.29, 1.82) is 0 Å². The molecule has 1 amide bonds. The summed E-state index contributed by atoms with van der Waals surface area (Å²) in [5, 5.41) is 13.8. The molecule has 3 aromatic heterocycles.